The van der Waals surface area contributed by atoms with E-state index < -0.39 is 34.7 Å². The summed E-state index contributed by atoms with van der Waals surface area (Å²) in [7, 11) is -2.88. The summed E-state index contributed by atoms with van der Waals surface area (Å²) in [6, 6.07) is 9.46. The Labute approximate surface area is 171 Å². The number of halogens is 4. The highest BCUT2D eigenvalue weighted by Gasteiger charge is 2.35. The van der Waals surface area contributed by atoms with Crippen molar-refractivity contribution in [1.29, 1.82) is 0 Å². The Bertz CT molecular complexity index is 949. The lowest BCUT2D eigenvalue weighted by molar-refractivity contribution is -0.138. The molecule has 0 aromatic heterocycles. The van der Waals surface area contributed by atoms with Gasteiger partial charge in [-0.15, -0.1) is 0 Å². The third kappa shape index (κ3) is 5.77. The van der Waals surface area contributed by atoms with E-state index in [1.54, 1.807) is 5.32 Å². The van der Waals surface area contributed by atoms with Crippen molar-refractivity contribution in [3.8, 4) is 5.75 Å². The Morgan fingerprint density at radius 3 is 2.17 bits per heavy atom. The van der Waals surface area contributed by atoms with E-state index in [2.05, 4.69) is 0 Å². The van der Waals surface area contributed by atoms with Gasteiger partial charge in [0.15, 0.2) is 0 Å². The zero-order valence-corrected chi connectivity index (χ0v) is 17.0. The molecular weight excluding hydrogens is 433 g/mol. The van der Waals surface area contributed by atoms with E-state index in [1.165, 1.54) is 62.6 Å². The van der Waals surface area contributed by atoms with Crippen molar-refractivity contribution in [3.05, 3.63) is 53.6 Å². The van der Waals surface area contributed by atoms with Gasteiger partial charge >= 0.3 is 6.18 Å². The molecule has 158 valence electrons. The molecular formula is C18H18ClF3N2O4S. The Hall–Kier alpha value is -2.46. The van der Waals surface area contributed by atoms with Crippen molar-refractivity contribution >= 4 is 33.2 Å². The average molecular weight is 451 g/mol. The molecule has 29 heavy (non-hydrogen) atoms. The lowest BCUT2D eigenvalue weighted by atomic mass is 10.2. The molecule has 0 spiro atoms. The van der Waals surface area contributed by atoms with Crippen LogP contribution < -0.4 is 14.4 Å². The minimum atomic E-state index is -4.63. The van der Waals surface area contributed by atoms with Crippen molar-refractivity contribution in [1.82, 2.24) is 5.32 Å². The first-order valence-electron chi connectivity index (χ1n) is 8.24. The first-order valence-corrected chi connectivity index (χ1v) is 10.1. The smallest absolute Gasteiger partial charge is 0.405 e. The Balaban J connectivity index is 2.47. The maximum Gasteiger partial charge on any atom is 0.405 e. The van der Waals surface area contributed by atoms with E-state index in [0.29, 0.717) is 10.8 Å². The van der Waals surface area contributed by atoms with Crippen LogP contribution in [0.15, 0.2) is 53.4 Å². The van der Waals surface area contributed by atoms with Crippen molar-refractivity contribution in [2.45, 2.75) is 24.0 Å². The van der Waals surface area contributed by atoms with Gasteiger partial charge in [-0.05, 0) is 55.5 Å². The van der Waals surface area contributed by atoms with E-state index in [-0.39, 0.29) is 10.6 Å². The fraction of sp³-hybridized carbons (Fsp3) is 0.278. The van der Waals surface area contributed by atoms with Crippen LogP contribution in [0.25, 0.3) is 0 Å². The average Bonchev–Trinajstić information content (AvgIpc) is 2.66. The number of hydrogen-bond acceptors (Lipinski definition) is 4. The molecule has 0 aliphatic heterocycles. The normalized spacial score (nSPS) is 12.9. The standard InChI is InChI=1S/C18H18ClF3N2O4S/c1-12(17(25)23-11-18(20,21)22)24(14-5-7-15(28-2)8-6-14)29(26,27)16-9-3-13(19)4-10-16/h3-10,12H,11H2,1-2H3,(H,23,25). The minimum absolute atomic E-state index is 0.0791. The van der Waals surface area contributed by atoms with Gasteiger partial charge in [0.1, 0.15) is 18.3 Å². The third-order valence-corrected chi connectivity index (χ3v) is 6.06. The van der Waals surface area contributed by atoms with Gasteiger partial charge in [0, 0.05) is 5.02 Å². The number of nitrogens with one attached hydrogen (secondary N) is 1. The van der Waals surface area contributed by atoms with E-state index in [0.717, 1.165) is 4.31 Å². The molecule has 1 unspecified atom stereocenters. The molecule has 0 fully saturated rings. The molecule has 0 aliphatic carbocycles. The summed E-state index contributed by atoms with van der Waals surface area (Å²) in [4.78, 5) is 12.1. The molecule has 0 saturated carbocycles. The number of sulfonamides is 1. The number of ether oxygens (including phenoxy) is 1. The summed E-state index contributed by atoms with van der Waals surface area (Å²) in [6.45, 7) is -0.378. The lowest BCUT2D eigenvalue weighted by Crippen LogP contribution is -2.49. The van der Waals surface area contributed by atoms with Crippen LogP contribution in [0, 0.1) is 0 Å². The maximum atomic E-state index is 13.2. The summed E-state index contributed by atoms with van der Waals surface area (Å²) in [5.41, 5.74) is 0.0791. The lowest BCUT2D eigenvalue weighted by Gasteiger charge is -2.30. The number of anilines is 1. The molecule has 0 saturated heterocycles. The molecule has 2 rings (SSSR count). The zero-order chi connectivity index (χ0) is 21.8. The van der Waals surface area contributed by atoms with E-state index in [9.17, 15) is 26.4 Å². The number of benzene rings is 2. The summed E-state index contributed by atoms with van der Waals surface area (Å²) in [5, 5.41) is 2.01. The van der Waals surface area contributed by atoms with Crippen LogP contribution in [-0.2, 0) is 14.8 Å². The van der Waals surface area contributed by atoms with Gasteiger partial charge in [-0.25, -0.2) is 8.42 Å². The number of hydrogen-bond donors (Lipinski definition) is 1. The summed E-state index contributed by atoms with van der Waals surface area (Å²) in [6.07, 6.45) is -4.63. The van der Waals surface area contributed by atoms with Gasteiger partial charge in [0.25, 0.3) is 10.0 Å². The quantitative estimate of drug-likeness (QED) is 0.699. The van der Waals surface area contributed by atoms with Crippen LogP contribution in [0.4, 0.5) is 18.9 Å². The highest BCUT2D eigenvalue weighted by atomic mass is 35.5. The predicted octanol–water partition coefficient (Wildman–Crippen LogP) is 3.61. The monoisotopic (exact) mass is 450 g/mol. The fourth-order valence-corrected chi connectivity index (χ4v) is 4.21. The molecule has 2 aromatic carbocycles. The number of nitrogens with zero attached hydrogens (tertiary/aromatic N) is 1. The summed E-state index contributed by atoms with van der Waals surface area (Å²) >= 11 is 5.80. The molecule has 2 aromatic rings. The molecule has 0 radical (unpaired) electrons. The number of rotatable bonds is 7. The Morgan fingerprint density at radius 1 is 1.14 bits per heavy atom. The van der Waals surface area contributed by atoms with Gasteiger partial charge in [0.05, 0.1) is 17.7 Å². The predicted molar refractivity (Wildman–Crippen MR) is 103 cm³/mol. The Morgan fingerprint density at radius 2 is 1.69 bits per heavy atom. The van der Waals surface area contributed by atoms with Crippen LogP contribution in [-0.4, -0.2) is 40.2 Å². The van der Waals surface area contributed by atoms with Crippen molar-refractivity contribution in [2.75, 3.05) is 18.0 Å². The van der Waals surface area contributed by atoms with Gasteiger partial charge in [-0.3, -0.25) is 9.10 Å². The zero-order valence-electron chi connectivity index (χ0n) is 15.4. The Kier molecular flexibility index (Phi) is 7.02. The van der Waals surface area contributed by atoms with Gasteiger partial charge < -0.3 is 10.1 Å². The van der Waals surface area contributed by atoms with Crippen molar-refractivity contribution < 1.29 is 31.1 Å². The molecule has 1 amide bonds. The number of amides is 1. The van der Waals surface area contributed by atoms with Crippen LogP contribution >= 0.6 is 11.6 Å². The largest absolute Gasteiger partial charge is 0.497 e. The van der Waals surface area contributed by atoms with Crippen LogP contribution in [0.2, 0.25) is 5.02 Å². The molecule has 6 nitrogen and oxygen atoms in total. The summed E-state index contributed by atoms with van der Waals surface area (Å²) in [5.74, 6) is -0.664. The molecule has 0 aliphatic rings. The van der Waals surface area contributed by atoms with E-state index in [4.69, 9.17) is 16.3 Å². The molecule has 0 bridgehead atoms. The topological polar surface area (TPSA) is 75.7 Å². The highest BCUT2D eigenvalue weighted by Crippen LogP contribution is 2.29. The molecule has 0 heterocycles. The highest BCUT2D eigenvalue weighted by molar-refractivity contribution is 7.93. The summed E-state index contributed by atoms with van der Waals surface area (Å²) < 4.78 is 69.5. The second-order valence-corrected chi connectivity index (χ2v) is 8.21. The van der Waals surface area contributed by atoms with Crippen LogP contribution in [0.3, 0.4) is 0 Å². The van der Waals surface area contributed by atoms with Gasteiger partial charge in [-0.1, -0.05) is 11.6 Å². The van der Waals surface area contributed by atoms with Gasteiger partial charge in [0.2, 0.25) is 5.91 Å². The SMILES string of the molecule is COc1ccc(N(C(C)C(=O)NCC(F)(F)F)S(=O)(=O)c2ccc(Cl)cc2)cc1. The number of carbonyl (C=O) groups is 1. The number of alkyl halides is 3. The first kappa shape index (κ1) is 22.8. The fourth-order valence-electron chi connectivity index (χ4n) is 2.46. The first-order chi connectivity index (χ1) is 13.5. The molecule has 1 atom stereocenters. The molecule has 11 heteroatoms. The third-order valence-electron chi connectivity index (χ3n) is 3.89. The van der Waals surface area contributed by atoms with E-state index in [1.807, 2.05) is 0 Å². The second kappa shape index (κ2) is 8.91. The van der Waals surface area contributed by atoms with E-state index >= 15 is 0 Å². The maximum absolute atomic E-state index is 13.2. The van der Waals surface area contributed by atoms with Crippen LogP contribution in [0.5, 0.6) is 5.75 Å². The van der Waals surface area contributed by atoms with Crippen molar-refractivity contribution in [3.63, 3.8) is 0 Å². The molecule has 1 N–H and O–H groups in total. The van der Waals surface area contributed by atoms with Crippen molar-refractivity contribution in [2.24, 2.45) is 0 Å². The minimum Gasteiger partial charge on any atom is -0.497 e. The van der Waals surface area contributed by atoms with Gasteiger partial charge in [-0.2, -0.15) is 13.2 Å². The number of carbonyl (C=O) groups excluding carboxylic acids is 1. The number of methoxy groups -OCH3 is 1. The van der Waals surface area contributed by atoms with Crippen LogP contribution in [0.1, 0.15) is 6.92 Å². The second-order valence-electron chi connectivity index (χ2n) is 5.96.